The molecule has 1 N–H and O–H groups in total. The molecular formula is C15H32N2. The molecule has 1 fully saturated rings. The van der Waals surface area contributed by atoms with E-state index in [0.29, 0.717) is 0 Å². The first-order chi connectivity index (χ1) is 8.24. The number of likely N-dealkylation sites (tertiary alicyclic amines) is 1. The van der Waals surface area contributed by atoms with E-state index < -0.39 is 0 Å². The van der Waals surface area contributed by atoms with Crippen LogP contribution in [0.3, 0.4) is 0 Å². The Morgan fingerprint density at radius 1 is 1.00 bits per heavy atom. The minimum atomic E-state index is 0.765. The molecule has 1 saturated heterocycles. The largest absolute Gasteiger partial charge is 0.315 e. The van der Waals surface area contributed by atoms with Gasteiger partial charge in [-0.1, -0.05) is 40.0 Å². The highest BCUT2D eigenvalue weighted by molar-refractivity contribution is 4.76. The van der Waals surface area contributed by atoms with Crippen LogP contribution in [0.5, 0.6) is 0 Å². The Kier molecular flexibility index (Phi) is 7.87. The highest BCUT2D eigenvalue weighted by Gasteiger charge is 2.18. The Morgan fingerprint density at radius 2 is 1.65 bits per heavy atom. The van der Waals surface area contributed by atoms with Crippen LogP contribution in [0.1, 0.15) is 59.3 Å². The molecule has 0 aromatic carbocycles. The fraction of sp³-hybridized carbons (Fsp3) is 1.00. The van der Waals surface area contributed by atoms with Crippen molar-refractivity contribution in [3.8, 4) is 0 Å². The third kappa shape index (κ3) is 6.42. The maximum Gasteiger partial charge on any atom is 0.0220 e. The van der Waals surface area contributed by atoms with E-state index >= 15 is 0 Å². The first-order valence-electron chi connectivity index (χ1n) is 7.68. The number of nitrogens with one attached hydrogen (secondary N) is 1. The summed E-state index contributed by atoms with van der Waals surface area (Å²) >= 11 is 0. The molecule has 1 unspecified atom stereocenters. The summed E-state index contributed by atoms with van der Waals surface area (Å²) in [5.41, 5.74) is 0. The van der Waals surface area contributed by atoms with Crippen LogP contribution in [-0.4, -0.2) is 37.1 Å². The Balaban J connectivity index is 2.33. The van der Waals surface area contributed by atoms with Gasteiger partial charge in [-0.3, -0.25) is 4.90 Å². The van der Waals surface area contributed by atoms with Crippen LogP contribution in [0.25, 0.3) is 0 Å². The maximum atomic E-state index is 3.65. The maximum absolute atomic E-state index is 3.65. The van der Waals surface area contributed by atoms with E-state index in [9.17, 15) is 0 Å². The molecule has 0 radical (unpaired) electrons. The zero-order valence-corrected chi connectivity index (χ0v) is 12.2. The molecule has 1 rings (SSSR count). The van der Waals surface area contributed by atoms with Crippen LogP contribution in [0.4, 0.5) is 0 Å². The van der Waals surface area contributed by atoms with Crippen molar-refractivity contribution in [2.45, 2.75) is 65.3 Å². The van der Waals surface area contributed by atoms with Gasteiger partial charge in [0.1, 0.15) is 0 Å². The van der Waals surface area contributed by atoms with E-state index in [1.54, 1.807) is 0 Å². The SMILES string of the molecule is CCCC(CNCC(C)C)N1CCCCCC1. The van der Waals surface area contributed by atoms with E-state index in [1.807, 2.05) is 0 Å². The summed E-state index contributed by atoms with van der Waals surface area (Å²) in [5, 5.41) is 3.65. The molecule has 1 heterocycles. The quantitative estimate of drug-likeness (QED) is 0.735. The van der Waals surface area contributed by atoms with Gasteiger partial charge >= 0.3 is 0 Å². The van der Waals surface area contributed by atoms with E-state index in [1.165, 1.54) is 58.2 Å². The normalized spacial score (nSPS) is 20.5. The van der Waals surface area contributed by atoms with Crippen LogP contribution >= 0.6 is 0 Å². The molecule has 1 atom stereocenters. The molecule has 1 aliphatic rings. The summed E-state index contributed by atoms with van der Waals surface area (Å²) in [6.45, 7) is 11.9. The molecule has 2 nitrogen and oxygen atoms in total. The smallest absolute Gasteiger partial charge is 0.0220 e. The van der Waals surface area contributed by atoms with Gasteiger partial charge in [0, 0.05) is 12.6 Å². The molecule has 0 spiro atoms. The standard InChI is InChI=1S/C15H32N2/c1-4-9-15(13-16-12-14(2)3)17-10-7-5-6-8-11-17/h14-16H,4-13H2,1-3H3. The van der Waals surface area contributed by atoms with Gasteiger partial charge in [-0.05, 0) is 44.8 Å². The van der Waals surface area contributed by atoms with Gasteiger partial charge in [0.25, 0.3) is 0 Å². The van der Waals surface area contributed by atoms with E-state index in [0.717, 1.165) is 18.5 Å². The summed E-state index contributed by atoms with van der Waals surface area (Å²) in [6, 6.07) is 0.775. The lowest BCUT2D eigenvalue weighted by Crippen LogP contribution is -2.43. The molecule has 2 heteroatoms. The number of nitrogens with zero attached hydrogens (tertiary/aromatic N) is 1. The molecule has 1 aliphatic heterocycles. The average Bonchev–Trinajstić information content (AvgIpc) is 2.56. The second-order valence-corrected chi connectivity index (χ2v) is 5.94. The Morgan fingerprint density at radius 3 is 2.18 bits per heavy atom. The van der Waals surface area contributed by atoms with Crippen molar-refractivity contribution in [1.29, 1.82) is 0 Å². The van der Waals surface area contributed by atoms with Gasteiger partial charge in [-0.15, -0.1) is 0 Å². The number of hydrogen-bond donors (Lipinski definition) is 1. The predicted molar refractivity (Wildman–Crippen MR) is 76.4 cm³/mol. The molecule has 102 valence electrons. The lowest BCUT2D eigenvalue weighted by Gasteiger charge is -2.31. The number of hydrogen-bond acceptors (Lipinski definition) is 2. The van der Waals surface area contributed by atoms with Crippen molar-refractivity contribution < 1.29 is 0 Å². The van der Waals surface area contributed by atoms with Crippen molar-refractivity contribution in [2.24, 2.45) is 5.92 Å². The summed E-state index contributed by atoms with van der Waals surface area (Å²) in [6.07, 6.45) is 8.36. The third-order valence-corrected chi connectivity index (χ3v) is 3.71. The second-order valence-electron chi connectivity index (χ2n) is 5.94. The minimum Gasteiger partial charge on any atom is -0.315 e. The first-order valence-corrected chi connectivity index (χ1v) is 7.68. The van der Waals surface area contributed by atoms with Crippen LogP contribution in [-0.2, 0) is 0 Å². The minimum absolute atomic E-state index is 0.765. The highest BCUT2D eigenvalue weighted by Crippen LogP contribution is 2.15. The lowest BCUT2D eigenvalue weighted by molar-refractivity contribution is 0.187. The Bertz CT molecular complexity index is 172. The van der Waals surface area contributed by atoms with Gasteiger partial charge in [-0.2, -0.15) is 0 Å². The van der Waals surface area contributed by atoms with Crippen LogP contribution in [0.2, 0.25) is 0 Å². The van der Waals surface area contributed by atoms with Crippen LogP contribution in [0, 0.1) is 5.92 Å². The van der Waals surface area contributed by atoms with Crippen molar-refractivity contribution in [1.82, 2.24) is 10.2 Å². The van der Waals surface area contributed by atoms with Gasteiger partial charge in [0.15, 0.2) is 0 Å². The summed E-state index contributed by atoms with van der Waals surface area (Å²) in [7, 11) is 0. The van der Waals surface area contributed by atoms with Gasteiger partial charge < -0.3 is 5.32 Å². The van der Waals surface area contributed by atoms with Gasteiger partial charge in [0.2, 0.25) is 0 Å². The molecule has 0 bridgehead atoms. The molecule has 0 amide bonds. The topological polar surface area (TPSA) is 15.3 Å². The monoisotopic (exact) mass is 240 g/mol. The van der Waals surface area contributed by atoms with E-state index in [4.69, 9.17) is 0 Å². The predicted octanol–water partition coefficient (Wildman–Crippen LogP) is 3.28. The zero-order chi connectivity index (χ0) is 12.5. The summed E-state index contributed by atoms with van der Waals surface area (Å²) < 4.78 is 0. The van der Waals surface area contributed by atoms with Crippen LogP contribution in [0.15, 0.2) is 0 Å². The first kappa shape index (κ1) is 15.0. The average molecular weight is 240 g/mol. The lowest BCUT2D eigenvalue weighted by atomic mass is 10.1. The molecule has 0 aromatic heterocycles. The molecule has 0 saturated carbocycles. The fourth-order valence-electron chi connectivity index (χ4n) is 2.75. The van der Waals surface area contributed by atoms with Crippen molar-refractivity contribution in [3.63, 3.8) is 0 Å². The highest BCUT2D eigenvalue weighted by atomic mass is 15.2. The molecular weight excluding hydrogens is 208 g/mol. The van der Waals surface area contributed by atoms with E-state index in [-0.39, 0.29) is 0 Å². The van der Waals surface area contributed by atoms with Crippen molar-refractivity contribution in [3.05, 3.63) is 0 Å². The Labute approximate surface area is 108 Å². The van der Waals surface area contributed by atoms with Crippen molar-refractivity contribution >= 4 is 0 Å². The van der Waals surface area contributed by atoms with Crippen LogP contribution < -0.4 is 5.32 Å². The zero-order valence-electron chi connectivity index (χ0n) is 12.2. The fourth-order valence-corrected chi connectivity index (χ4v) is 2.75. The summed E-state index contributed by atoms with van der Waals surface area (Å²) in [5.74, 6) is 0.765. The summed E-state index contributed by atoms with van der Waals surface area (Å²) in [4.78, 5) is 2.74. The van der Waals surface area contributed by atoms with Crippen molar-refractivity contribution in [2.75, 3.05) is 26.2 Å². The molecule has 0 aromatic rings. The third-order valence-electron chi connectivity index (χ3n) is 3.71. The van der Waals surface area contributed by atoms with E-state index in [2.05, 4.69) is 31.0 Å². The molecule has 0 aliphatic carbocycles. The molecule has 17 heavy (non-hydrogen) atoms. The second kappa shape index (κ2) is 8.93. The van der Waals surface area contributed by atoms with Gasteiger partial charge in [-0.25, -0.2) is 0 Å². The Hall–Kier alpha value is -0.0800. The van der Waals surface area contributed by atoms with Gasteiger partial charge in [0.05, 0.1) is 0 Å². The number of rotatable bonds is 7.